The first kappa shape index (κ1) is 17.3. The molecular weight excluding hydrogens is 342 g/mol. The molecule has 138 valence electrons. The monoisotopic (exact) mass is 363 g/mol. The van der Waals surface area contributed by atoms with Crippen molar-refractivity contribution in [3.8, 4) is 23.2 Å². The van der Waals surface area contributed by atoms with Gasteiger partial charge in [0.15, 0.2) is 0 Å². The van der Waals surface area contributed by atoms with Crippen molar-refractivity contribution in [3.05, 3.63) is 40.4 Å². The van der Waals surface area contributed by atoms with Crippen molar-refractivity contribution in [2.45, 2.75) is 38.8 Å². The van der Waals surface area contributed by atoms with Gasteiger partial charge in [-0.3, -0.25) is 4.79 Å². The summed E-state index contributed by atoms with van der Waals surface area (Å²) in [6.07, 6.45) is 5.22. The number of anilines is 1. The van der Waals surface area contributed by atoms with Crippen LogP contribution in [0.3, 0.4) is 0 Å². The number of fused-ring (bicyclic) bond motifs is 1. The number of aromatic amines is 1. The predicted molar refractivity (Wildman–Crippen MR) is 104 cm³/mol. The number of hydrogen-bond donors (Lipinski definition) is 3. The summed E-state index contributed by atoms with van der Waals surface area (Å²) < 4.78 is 1.78. The third kappa shape index (κ3) is 2.98. The van der Waals surface area contributed by atoms with E-state index < -0.39 is 5.60 Å². The number of rotatable bonds is 3. The smallest absolute Gasteiger partial charge is 0.204 e. The van der Waals surface area contributed by atoms with Gasteiger partial charge in [-0.1, -0.05) is 5.92 Å². The normalized spacial score (nSPS) is 16.0. The van der Waals surface area contributed by atoms with Gasteiger partial charge in [-0.15, -0.1) is 0 Å². The Bertz CT molecular complexity index is 1130. The van der Waals surface area contributed by atoms with E-state index in [4.69, 9.17) is 5.73 Å². The van der Waals surface area contributed by atoms with Gasteiger partial charge in [-0.25, -0.2) is 9.97 Å². The first-order valence-corrected chi connectivity index (χ1v) is 9.00. The lowest BCUT2D eigenvalue weighted by atomic mass is 10.0. The van der Waals surface area contributed by atoms with Crippen LogP contribution in [0.4, 0.5) is 5.82 Å². The quantitative estimate of drug-likeness (QED) is 0.616. The summed E-state index contributed by atoms with van der Waals surface area (Å²) in [6, 6.07) is 3.40. The number of nitrogens with two attached hydrogens (primary N) is 1. The number of nitrogens with one attached hydrogen (secondary N) is 1. The van der Waals surface area contributed by atoms with Crippen LogP contribution in [0.2, 0.25) is 0 Å². The summed E-state index contributed by atoms with van der Waals surface area (Å²) in [4.78, 5) is 24.6. The lowest BCUT2D eigenvalue weighted by Crippen LogP contribution is -2.24. The molecule has 0 bridgehead atoms. The number of aromatic nitrogens is 4. The predicted octanol–water partition coefficient (Wildman–Crippen LogP) is 1.90. The van der Waals surface area contributed by atoms with Crippen LogP contribution in [0.15, 0.2) is 29.3 Å². The minimum absolute atomic E-state index is 0.223. The van der Waals surface area contributed by atoms with Crippen molar-refractivity contribution >= 4 is 16.9 Å². The van der Waals surface area contributed by atoms with Gasteiger partial charge in [0.05, 0.1) is 5.39 Å². The van der Waals surface area contributed by atoms with E-state index in [0.717, 1.165) is 12.8 Å². The van der Waals surface area contributed by atoms with E-state index in [9.17, 15) is 9.90 Å². The largest absolute Gasteiger partial charge is 0.384 e. The molecule has 1 aliphatic carbocycles. The van der Waals surface area contributed by atoms with E-state index in [1.54, 1.807) is 36.0 Å². The van der Waals surface area contributed by atoms with Gasteiger partial charge >= 0.3 is 0 Å². The third-order valence-electron chi connectivity index (χ3n) is 5.02. The summed E-state index contributed by atoms with van der Waals surface area (Å²) in [7, 11) is 0. The lowest BCUT2D eigenvalue weighted by molar-refractivity contribution is 0.0980. The maximum absolute atomic E-state index is 13.0. The Morgan fingerprint density at radius 2 is 2.22 bits per heavy atom. The van der Waals surface area contributed by atoms with Crippen LogP contribution < -0.4 is 11.2 Å². The highest BCUT2D eigenvalue weighted by Crippen LogP contribution is 2.39. The molecule has 1 aliphatic rings. The molecule has 4 rings (SSSR count). The molecule has 0 spiro atoms. The lowest BCUT2D eigenvalue weighted by Gasteiger charge is -2.15. The van der Waals surface area contributed by atoms with Crippen molar-refractivity contribution in [2.75, 3.05) is 5.73 Å². The van der Waals surface area contributed by atoms with Crippen LogP contribution >= 0.6 is 0 Å². The minimum atomic E-state index is -1.01. The SMILES string of the molecule is CCn1c(N)c(-c2ncc[nH]2)c(=O)c2ccc(C#CC(C)(O)C3CC3)nc21. The molecule has 3 aromatic heterocycles. The molecule has 0 aliphatic heterocycles. The zero-order valence-electron chi connectivity index (χ0n) is 15.3. The number of hydrogen-bond acceptors (Lipinski definition) is 5. The van der Waals surface area contributed by atoms with Crippen LogP contribution in [-0.4, -0.2) is 30.2 Å². The fourth-order valence-electron chi connectivity index (χ4n) is 3.29. The molecule has 27 heavy (non-hydrogen) atoms. The maximum atomic E-state index is 13.0. The average Bonchev–Trinajstić information content (AvgIpc) is 3.39. The van der Waals surface area contributed by atoms with Gasteiger partial charge in [0.25, 0.3) is 0 Å². The zero-order chi connectivity index (χ0) is 19.2. The van der Waals surface area contributed by atoms with Crippen LogP contribution in [-0.2, 0) is 6.54 Å². The molecule has 0 saturated heterocycles. The molecule has 0 amide bonds. The van der Waals surface area contributed by atoms with Crippen molar-refractivity contribution in [1.82, 2.24) is 19.5 Å². The number of H-pyrrole nitrogens is 1. The van der Waals surface area contributed by atoms with Crippen molar-refractivity contribution in [2.24, 2.45) is 5.92 Å². The molecular formula is C20H21N5O2. The molecule has 7 nitrogen and oxygen atoms in total. The zero-order valence-corrected chi connectivity index (χ0v) is 15.3. The molecule has 0 radical (unpaired) electrons. The van der Waals surface area contributed by atoms with Crippen LogP contribution in [0.1, 0.15) is 32.4 Å². The Hall–Kier alpha value is -3.11. The fourth-order valence-corrected chi connectivity index (χ4v) is 3.29. The molecule has 1 unspecified atom stereocenters. The number of aryl methyl sites for hydroxylation is 1. The number of pyridine rings is 2. The average molecular weight is 363 g/mol. The van der Waals surface area contributed by atoms with Crippen molar-refractivity contribution < 1.29 is 5.11 Å². The highest BCUT2D eigenvalue weighted by atomic mass is 16.3. The van der Waals surface area contributed by atoms with Crippen LogP contribution in [0, 0.1) is 17.8 Å². The second-order valence-corrected chi connectivity index (χ2v) is 7.01. The van der Waals surface area contributed by atoms with Crippen molar-refractivity contribution in [3.63, 3.8) is 0 Å². The molecule has 7 heteroatoms. The second kappa shape index (κ2) is 6.25. The number of aliphatic hydroxyl groups is 1. The topological polar surface area (TPSA) is 110 Å². The van der Waals surface area contributed by atoms with Gasteiger partial charge < -0.3 is 20.4 Å². The first-order chi connectivity index (χ1) is 12.9. The highest BCUT2D eigenvalue weighted by molar-refractivity contribution is 5.86. The number of imidazole rings is 1. The molecule has 0 aromatic carbocycles. The molecule has 1 atom stereocenters. The van der Waals surface area contributed by atoms with E-state index in [-0.39, 0.29) is 11.3 Å². The van der Waals surface area contributed by atoms with Gasteiger partial charge in [0, 0.05) is 18.9 Å². The summed E-state index contributed by atoms with van der Waals surface area (Å²) in [6.45, 7) is 4.21. The minimum Gasteiger partial charge on any atom is -0.384 e. The maximum Gasteiger partial charge on any atom is 0.204 e. The summed E-state index contributed by atoms with van der Waals surface area (Å²) >= 11 is 0. The fraction of sp³-hybridized carbons (Fsp3) is 0.350. The Morgan fingerprint density at radius 1 is 1.44 bits per heavy atom. The van der Waals surface area contributed by atoms with Gasteiger partial charge in [-0.2, -0.15) is 0 Å². The van der Waals surface area contributed by atoms with Gasteiger partial charge in [-0.05, 0) is 50.7 Å². The number of nitrogens with zero attached hydrogens (tertiary/aromatic N) is 3. The van der Waals surface area contributed by atoms with Crippen LogP contribution in [0.5, 0.6) is 0 Å². The Morgan fingerprint density at radius 3 is 2.85 bits per heavy atom. The second-order valence-electron chi connectivity index (χ2n) is 7.01. The highest BCUT2D eigenvalue weighted by Gasteiger charge is 2.38. The third-order valence-corrected chi connectivity index (χ3v) is 5.02. The van der Waals surface area contributed by atoms with Gasteiger partial charge in [0.1, 0.15) is 34.1 Å². The summed E-state index contributed by atoms with van der Waals surface area (Å²) in [5.41, 5.74) is 6.36. The Labute approximate surface area is 156 Å². The number of nitrogen functional groups attached to an aromatic ring is 1. The van der Waals surface area contributed by atoms with Crippen LogP contribution in [0.25, 0.3) is 22.4 Å². The van der Waals surface area contributed by atoms with Crippen molar-refractivity contribution in [1.29, 1.82) is 0 Å². The standard InChI is InChI=1S/C20H21N5O2/c1-3-25-17(21)15(18-22-10-11-23-18)16(26)14-7-6-13(24-19(14)25)8-9-20(2,27)12-4-5-12/h6-7,10-12,27H,3-5,21H2,1-2H3,(H,22,23). The first-order valence-electron chi connectivity index (χ1n) is 9.00. The van der Waals surface area contributed by atoms with E-state index in [1.807, 2.05) is 6.92 Å². The van der Waals surface area contributed by atoms with Gasteiger partial charge in [0.2, 0.25) is 5.43 Å². The molecule has 4 N–H and O–H groups in total. The molecule has 3 aromatic rings. The van der Waals surface area contributed by atoms with E-state index in [0.29, 0.717) is 40.5 Å². The summed E-state index contributed by atoms with van der Waals surface area (Å²) in [5, 5.41) is 10.8. The van der Waals surface area contributed by atoms with E-state index >= 15 is 0 Å². The molecule has 3 heterocycles. The Balaban J connectivity index is 1.88. The van der Waals surface area contributed by atoms with E-state index in [2.05, 4.69) is 26.8 Å². The van der Waals surface area contributed by atoms with E-state index in [1.165, 1.54) is 0 Å². The molecule has 1 saturated carbocycles. The summed E-state index contributed by atoms with van der Waals surface area (Å²) in [5.74, 6) is 6.83. The molecule has 1 fully saturated rings. The Kier molecular flexibility index (Phi) is 4.01.